The summed E-state index contributed by atoms with van der Waals surface area (Å²) in [6, 6.07) is 3.75. The molecule has 1 aromatic carbocycles. The molecule has 0 saturated carbocycles. The number of hydrogen-bond donors (Lipinski definition) is 2. The van der Waals surface area contributed by atoms with Crippen molar-refractivity contribution < 1.29 is 33.4 Å². The van der Waals surface area contributed by atoms with Crippen molar-refractivity contribution in [2.24, 2.45) is 0 Å². The first-order valence-corrected chi connectivity index (χ1v) is 7.13. The minimum atomic E-state index is -1.58. The number of nitrogens with one attached hydrogen (secondary N) is 1. The predicted octanol–water partition coefficient (Wildman–Crippen LogP) is 1.40. The molecule has 0 fully saturated rings. The summed E-state index contributed by atoms with van der Waals surface area (Å²) >= 11 is 0. The number of amides is 1. The minimum Gasteiger partial charge on any atom is -0.494 e. The van der Waals surface area contributed by atoms with Crippen molar-refractivity contribution in [1.82, 2.24) is 5.32 Å². The van der Waals surface area contributed by atoms with Crippen LogP contribution in [0.5, 0.6) is 5.75 Å². The second-order valence-electron chi connectivity index (χ2n) is 5.39. The number of aliphatic carboxylic acids is 1. The SMILES string of the molecule is COCC(C)(NC(=O)CCC(=O)c1ccc(OC)c(F)c1)C(=O)O. The van der Waals surface area contributed by atoms with Gasteiger partial charge in [-0.1, -0.05) is 0 Å². The molecule has 0 spiro atoms. The second kappa shape index (κ2) is 8.39. The van der Waals surface area contributed by atoms with Crippen LogP contribution in [-0.2, 0) is 14.3 Å². The summed E-state index contributed by atoms with van der Waals surface area (Å²) in [6.07, 6.45) is -0.403. The number of carboxylic acid groups (broad SMARTS) is 1. The van der Waals surface area contributed by atoms with Crippen LogP contribution >= 0.6 is 0 Å². The molecule has 0 saturated heterocycles. The molecular weight excluding hydrogens is 321 g/mol. The molecule has 0 heterocycles. The number of hydrogen-bond acceptors (Lipinski definition) is 5. The van der Waals surface area contributed by atoms with Gasteiger partial charge in [0.2, 0.25) is 5.91 Å². The number of Topliss-reactive ketones (excluding diaryl/α,β-unsaturated/α-hetero) is 1. The number of benzene rings is 1. The Labute approximate surface area is 138 Å². The van der Waals surface area contributed by atoms with Gasteiger partial charge in [-0.15, -0.1) is 0 Å². The summed E-state index contributed by atoms with van der Waals surface area (Å²) in [5.74, 6) is -2.96. The molecule has 1 amide bonds. The van der Waals surface area contributed by atoms with Gasteiger partial charge in [0.25, 0.3) is 0 Å². The Balaban J connectivity index is 2.65. The Morgan fingerprint density at radius 3 is 2.42 bits per heavy atom. The number of methoxy groups -OCH3 is 2. The molecule has 1 aromatic rings. The van der Waals surface area contributed by atoms with E-state index in [1.165, 1.54) is 33.3 Å². The van der Waals surface area contributed by atoms with E-state index in [4.69, 9.17) is 14.6 Å². The first-order chi connectivity index (χ1) is 11.2. The number of rotatable bonds is 9. The van der Waals surface area contributed by atoms with Crippen LogP contribution in [0.1, 0.15) is 30.1 Å². The van der Waals surface area contributed by atoms with Crippen molar-refractivity contribution in [3.8, 4) is 5.75 Å². The maximum atomic E-state index is 13.6. The topological polar surface area (TPSA) is 102 Å². The van der Waals surface area contributed by atoms with Crippen LogP contribution in [0.15, 0.2) is 18.2 Å². The van der Waals surface area contributed by atoms with Crippen LogP contribution in [0.4, 0.5) is 4.39 Å². The summed E-state index contributed by atoms with van der Waals surface area (Å²) in [4.78, 5) is 35.1. The number of ketones is 1. The van der Waals surface area contributed by atoms with Gasteiger partial charge in [0.15, 0.2) is 22.9 Å². The third-order valence-electron chi connectivity index (χ3n) is 3.37. The van der Waals surface area contributed by atoms with E-state index in [0.717, 1.165) is 6.07 Å². The van der Waals surface area contributed by atoms with Gasteiger partial charge in [0.05, 0.1) is 13.7 Å². The van der Waals surface area contributed by atoms with Crippen LogP contribution in [0, 0.1) is 5.82 Å². The van der Waals surface area contributed by atoms with Crippen molar-refractivity contribution in [3.05, 3.63) is 29.6 Å². The van der Waals surface area contributed by atoms with Gasteiger partial charge in [0, 0.05) is 25.5 Å². The molecule has 1 rings (SSSR count). The molecule has 8 heteroatoms. The van der Waals surface area contributed by atoms with Gasteiger partial charge in [-0.25, -0.2) is 9.18 Å². The summed E-state index contributed by atoms with van der Waals surface area (Å²) < 4.78 is 23.1. The smallest absolute Gasteiger partial charge is 0.331 e. The highest BCUT2D eigenvalue weighted by Crippen LogP contribution is 2.19. The maximum absolute atomic E-state index is 13.6. The summed E-state index contributed by atoms with van der Waals surface area (Å²) in [6.45, 7) is 1.09. The van der Waals surface area contributed by atoms with Crippen molar-refractivity contribution in [1.29, 1.82) is 0 Å². The standard InChI is InChI=1S/C16H20FNO6/c1-16(9-23-2,15(21)22)18-14(20)7-5-12(19)10-4-6-13(24-3)11(17)8-10/h4,6,8H,5,7,9H2,1-3H3,(H,18,20)(H,21,22). The first kappa shape index (κ1) is 19.6. The molecule has 0 aliphatic heterocycles. The largest absolute Gasteiger partial charge is 0.494 e. The predicted molar refractivity (Wildman–Crippen MR) is 82.6 cm³/mol. The van der Waals surface area contributed by atoms with Crippen LogP contribution in [0.2, 0.25) is 0 Å². The number of ether oxygens (including phenoxy) is 2. The molecule has 2 N–H and O–H groups in total. The molecule has 0 bridgehead atoms. The third kappa shape index (κ3) is 5.02. The Morgan fingerprint density at radius 1 is 1.25 bits per heavy atom. The highest BCUT2D eigenvalue weighted by Gasteiger charge is 2.34. The summed E-state index contributed by atoms with van der Waals surface area (Å²) in [5, 5.41) is 11.5. The molecule has 132 valence electrons. The Hall–Kier alpha value is -2.48. The van der Waals surface area contributed by atoms with E-state index in [2.05, 4.69) is 5.32 Å². The van der Waals surface area contributed by atoms with Gasteiger partial charge in [0.1, 0.15) is 0 Å². The lowest BCUT2D eigenvalue weighted by atomic mass is 10.0. The molecule has 0 radical (unpaired) electrons. The molecule has 0 aliphatic rings. The van der Waals surface area contributed by atoms with Gasteiger partial charge in [-0.2, -0.15) is 0 Å². The number of carboxylic acids is 1. The molecular formula is C16H20FNO6. The highest BCUT2D eigenvalue weighted by atomic mass is 19.1. The van der Waals surface area contributed by atoms with Gasteiger partial charge >= 0.3 is 5.97 Å². The van der Waals surface area contributed by atoms with E-state index in [0.29, 0.717) is 0 Å². The van der Waals surface area contributed by atoms with Crippen molar-refractivity contribution in [2.45, 2.75) is 25.3 Å². The quantitative estimate of drug-likeness (QED) is 0.658. The average Bonchev–Trinajstić information content (AvgIpc) is 2.52. The van der Waals surface area contributed by atoms with Gasteiger partial charge in [-0.05, 0) is 25.1 Å². The summed E-state index contributed by atoms with van der Waals surface area (Å²) in [5.41, 5.74) is -1.47. The highest BCUT2D eigenvalue weighted by molar-refractivity contribution is 5.98. The fourth-order valence-corrected chi connectivity index (χ4v) is 2.02. The molecule has 1 atom stereocenters. The van der Waals surface area contributed by atoms with E-state index in [-0.39, 0.29) is 30.8 Å². The van der Waals surface area contributed by atoms with Crippen LogP contribution in [-0.4, -0.2) is 49.1 Å². The lowest BCUT2D eigenvalue weighted by Gasteiger charge is -2.25. The molecule has 1 unspecified atom stereocenters. The van der Waals surface area contributed by atoms with Gasteiger partial charge < -0.3 is 19.9 Å². The minimum absolute atomic E-state index is 0.0149. The lowest BCUT2D eigenvalue weighted by Crippen LogP contribution is -2.55. The first-order valence-electron chi connectivity index (χ1n) is 7.13. The van der Waals surface area contributed by atoms with E-state index in [1.54, 1.807) is 0 Å². The number of carbonyl (C=O) groups is 3. The molecule has 0 aliphatic carbocycles. The Morgan fingerprint density at radius 2 is 1.92 bits per heavy atom. The Bertz CT molecular complexity index is 633. The number of carbonyl (C=O) groups excluding carboxylic acids is 2. The van der Waals surface area contributed by atoms with Crippen molar-refractivity contribution in [2.75, 3.05) is 20.8 Å². The van der Waals surface area contributed by atoms with Crippen LogP contribution in [0.3, 0.4) is 0 Å². The molecule has 24 heavy (non-hydrogen) atoms. The zero-order valence-electron chi connectivity index (χ0n) is 13.7. The van der Waals surface area contributed by atoms with Crippen LogP contribution < -0.4 is 10.1 Å². The van der Waals surface area contributed by atoms with E-state index >= 15 is 0 Å². The number of halogens is 1. The Kier molecular flexibility index (Phi) is 6.84. The zero-order chi connectivity index (χ0) is 18.3. The van der Waals surface area contributed by atoms with E-state index < -0.39 is 29.0 Å². The molecule has 7 nitrogen and oxygen atoms in total. The lowest BCUT2D eigenvalue weighted by molar-refractivity contribution is -0.149. The average molecular weight is 341 g/mol. The third-order valence-corrected chi connectivity index (χ3v) is 3.37. The normalized spacial score (nSPS) is 13.0. The van der Waals surface area contributed by atoms with Crippen molar-refractivity contribution >= 4 is 17.7 Å². The fraction of sp³-hybridized carbons (Fsp3) is 0.438. The molecule has 0 aromatic heterocycles. The monoisotopic (exact) mass is 341 g/mol. The fourth-order valence-electron chi connectivity index (χ4n) is 2.02. The second-order valence-corrected chi connectivity index (χ2v) is 5.39. The summed E-state index contributed by atoms with van der Waals surface area (Å²) in [7, 11) is 2.62. The van der Waals surface area contributed by atoms with Gasteiger partial charge in [-0.3, -0.25) is 9.59 Å². The van der Waals surface area contributed by atoms with E-state index in [9.17, 15) is 18.8 Å². The van der Waals surface area contributed by atoms with E-state index in [1.807, 2.05) is 0 Å². The van der Waals surface area contributed by atoms with Crippen molar-refractivity contribution in [3.63, 3.8) is 0 Å². The van der Waals surface area contributed by atoms with Crippen LogP contribution in [0.25, 0.3) is 0 Å². The zero-order valence-corrected chi connectivity index (χ0v) is 13.7. The maximum Gasteiger partial charge on any atom is 0.331 e.